The van der Waals surface area contributed by atoms with Crippen molar-refractivity contribution in [1.29, 1.82) is 0 Å². The van der Waals surface area contributed by atoms with Gasteiger partial charge in [-0.1, -0.05) is 27.5 Å². The van der Waals surface area contributed by atoms with Crippen molar-refractivity contribution in [2.24, 2.45) is 5.10 Å². The third-order valence-corrected chi connectivity index (χ3v) is 6.88. The smallest absolute Gasteiger partial charge is 0.339 e. The van der Waals surface area contributed by atoms with Gasteiger partial charge in [0.05, 0.1) is 24.9 Å². The molecule has 0 heterocycles. The van der Waals surface area contributed by atoms with Crippen molar-refractivity contribution in [1.82, 2.24) is 5.43 Å². The standard InChI is InChI=1S/C22H17Br2ClN2O6S/c1-31-19-8-3-13(10-20(19)32-2)22(28)27-26-12-14-9-15(23)11-18(24)21(14)33-34(29,30)17-6-4-16(25)5-7-17/h3-12H,1-2H3,(H,27,28)/b26-12+. The highest BCUT2D eigenvalue weighted by atomic mass is 79.9. The van der Waals surface area contributed by atoms with E-state index in [1.54, 1.807) is 24.3 Å². The summed E-state index contributed by atoms with van der Waals surface area (Å²) < 4.78 is 42.2. The van der Waals surface area contributed by atoms with Gasteiger partial charge in [0.2, 0.25) is 0 Å². The lowest BCUT2D eigenvalue weighted by Gasteiger charge is -2.12. The highest BCUT2D eigenvalue weighted by Gasteiger charge is 2.21. The molecule has 0 aliphatic carbocycles. The Balaban J connectivity index is 1.85. The molecule has 1 amide bonds. The van der Waals surface area contributed by atoms with Crippen molar-refractivity contribution in [2.45, 2.75) is 4.90 Å². The van der Waals surface area contributed by atoms with E-state index in [2.05, 4.69) is 42.4 Å². The first-order valence-corrected chi connectivity index (χ1v) is 12.8. The minimum atomic E-state index is -4.17. The fourth-order valence-electron chi connectivity index (χ4n) is 2.73. The van der Waals surface area contributed by atoms with E-state index in [1.165, 1.54) is 50.8 Å². The first-order valence-electron chi connectivity index (χ1n) is 9.39. The Bertz CT molecular complexity index is 1350. The molecule has 0 unspecified atom stereocenters. The van der Waals surface area contributed by atoms with E-state index >= 15 is 0 Å². The monoisotopic (exact) mass is 630 g/mol. The lowest BCUT2D eigenvalue weighted by Crippen LogP contribution is -2.18. The molecular formula is C22H17Br2ClN2O6S. The van der Waals surface area contributed by atoms with Crippen molar-refractivity contribution in [3.05, 3.63) is 79.7 Å². The van der Waals surface area contributed by atoms with Gasteiger partial charge in [-0.05, 0) is 70.5 Å². The third kappa shape index (κ3) is 6.29. The molecule has 0 saturated carbocycles. The zero-order valence-electron chi connectivity index (χ0n) is 17.7. The van der Waals surface area contributed by atoms with Crippen LogP contribution in [0.15, 0.2) is 73.5 Å². The van der Waals surface area contributed by atoms with E-state index in [9.17, 15) is 13.2 Å². The van der Waals surface area contributed by atoms with Crippen LogP contribution in [0.25, 0.3) is 0 Å². The lowest BCUT2D eigenvalue weighted by molar-refractivity contribution is 0.0954. The molecule has 8 nitrogen and oxygen atoms in total. The highest BCUT2D eigenvalue weighted by molar-refractivity contribution is 9.11. The lowest BCUT2D eigenvalue weighted by atomic mass is 10.2. The number of amides is 1. The number of methoxy groups -OCH3 is 2. The van der Waals surface area contributed by atoms with E-state index in [0.717, 1.165) is 0 Å². The normalized spacial score (nSPS) is 11.3. The molecule has 0 fully saturated rings. The summed E-state index contributed by atoms with van der Waals surface area (Å²) in [6.45, 7) is 0. The Morgan fingerprint density at radius 3 is 2.32 bits per heavy atom. The van der Waals surface area contributed by atoms with Gasteiger partial charge < -0.3 is 13.7 Å². The van der Waals surface area contributed by atoms with E-state index < -0.39 is 16.0 Å². The van der Waals surface area contributed by atoms with Crippen molar-refractivity contribution in [2.75, 3.05) is 14.2 Å². The number of benzene rings is 3. The zero-order valence-corrected chi connectivity index (χ0v) is 22.5. The van der Waals surface area contributed by atoms with Gasteiger partial charge in [-0.15, -0.1) is 0 Å². The summed E-state index contributed by atoms with van der Waals surface area (Å²) >= 11 is 12.5. The Labute approximate surface area is 218 Å². The first-order chi connectivity index (χ1) is 16.1. The molecule has 0 aliphatic heterocycles. The molecule has 0 radical (unpaired) electrons. The van der Waals surface area contributed by atoms with Gasteiger partial charge in [0.25, 0.3) is 5.91 Å². The molecule has 178 valence electrons. The topological polar surface area (TPSA) is 103 Å². The van der Waals surface area contributed by atoms with Crippen LogP contribution in [-0.2, 0) is 10.1 Å². The number of halogens is 3. The number of ether oxygens (including phenoxy) is 2. The number of carbonyl (C=O) groups is 1. The number of hydrogen-bond acceptors (Lipinski definition) is 7. The third-order valence-electron chi connectivity index (χ3n) is 4.35. The fraction of sp³-hybridized carbons (Fsp3) is 0.0909. The average Bonchev–Trinajstić information content (AvgIpc) is 2.80. The summed E-state index contributed by atoms with van der Waals surface area (Å²) in [5.74, 6) is 0.341. The maximum Gasteiger partial charge on any atom is 0.339 e. The molecule has 0 saturated heterocycles. The molecular weight excluding hydrogens is 616 g/mol. The molecule has 3 aromatic rings. The van der Waals surface area contributed by atoms with Crippen molar-refractivity contribution < 1.29 is 26.9 Å². The fourth-order valence-corrected chi connectivity index (χ4v) is 5.27. The van der Waals surface area contributed by atoms with E-state index in [4.69, 9.17) is 25.3 Å². The Kier molecular flexibility index (Phi) is 8.58. The molecule has 0 bridgehead atoms. The average molecular weight is 633 g/mol. The summed E-state index contributed by atoms with van der Waals surface area (Å²) in [5, 5.41) is 4.33. The Hall–Kier alpha value is -2.60. The molecule has 34 heavy (non-hydrogen) atoms. The first kappa shape index (κ1) is 26.0. The zero-order chi connectivity index (χ0) is 24.9. The summed E-state index contributed by atoms with van der Waals surface area (Å²) in [6.07, 6.45) is 1.26. The van der Waals surface area contributed by atoms with Crippen LogP contribution < -0.4 is 19.1 Å². The second-order valence-corrected chi connectivity index (χ2v) is 10.3. The predicted octanol–water partition coefficient (Wildman–Crippen LogP) is 5.41. The minimum Gasteiger partial charge on any atom is -0.493 e. The number of rotatable bonds is 8. The van der Waals surface area contributed by atoms with Crippen LogP contribution >= 0.6 is 43.5 Å². The van der Waals surface area contributed by atoms with Gasteiger partial charge in [0, 0.05) is 20.6 Å². The van der Waals surface area contributed by atoms with Gasteiger partial charge in [0.1, 0.15) is 4.90 Å². The summed E-state index contributed by atoms with van der Waals surface area (Å²) in [4.78, 5) is 12.4. The molecule has 1 N–H and O–H groups in total. The van der Waals surface area contributed by atoms with Crippen LogP contribution in [0.4, 0.5) is 0 Å². The molecule has 0 spiro atoms. The van der Waals surface area contributed by atoms with Gasteiger partial charge in [-0.2, -0.15) is 13.5 Å². The van der Waals surface area contributed by atoms with Crippen LogP contribution in [0.5, 0.6) is 17.2 Å². The number of nitrogens with one attached hydrogen (secondary N) is 1. The predicted molar refractivity (Wildman–Crippen MR) is 136 cm³/mol. The second kappa shape index (κ2) is 11.2. The largest absolute Gasteiger partial charge is 0.493 e. The number of carbonyl (C=O) groups excluding carboxylic acids is 1. The molecule has 12 heteroatoms. The van der Waals surface area contributed by atoms with E-state index in [-0.39, 0.29) is 21.8 Å². The van der Waals surface area contributed by atoms with Crippen LogP contribution in [0.3, 0.4) is 0 Å². The van der Waals surface area contributed by atoms with Crippen LogP contribution in [0.1, 0.15) is 15.9 Å². The maximum atomic E-state index is 12.7. The number of hydrazone groups is 1. The summed E-state index contributed by atoms with van der Waals surface area (Å²) in [6, 6.07) is 13.4. The van der Waals surface area contributed by atoms with Gasteiger partial charge in [-0.3, -0.25) is 4.79 Å². The highest BCUT2D eigenvalue weighted by Crippen LogP contribution is 2.34. The Morgan fingerprint density at radius 2 is 1.68 bits per heavy atom. The van der Waals surface area contributed by atoms with Gasteiger partial charge in [-0.25, -0.2) is 5.43 Å². The quantitative estimate of drug-likeness (QED) is 0.202. The van der Waals surface area contributed by atoms with Crippen molar-refractivity contribution in [3.8, 4) is 17.2 Å². The van der Waals surface area contributed by atoms with Gasteiger partial charge >= 0.3 is 10.1 Å². The maximum absolute atomic E-state index is 12.7. The van der Waals surface area contributed by atoms with Crippen molar-refractivity contribution in [3.63, 3.8) is 0 Å². The number of hydrogen-bond donors (Lipinski definition) is 1. The summed E-state index contributed by atoms with van der Waals surface area (Å²) in [5.41, 5.74) is 2.95. The van der Waals surface area contributed by atoms with Crippen LogP contribution in [0, 0.1) is 0 Å². The number of nitrogens with zero attached hydrogens (tertiary/aromatic N) is 1. The molecule has 0 atom stereocenters. The molecule has 3 aromatic carbocycles. The minimum absolute atomic E-state index is 0.0118. The molecule has 0 aromatic heterocycles. The van der Waals surface area contributed by atoms with Crippen molar-refractivity contribution >= 4 is 65.7 Å². The van der Waals surface area contributed by atoms with Crippen LogP contribution in [-0.4, -0.2) is 34.8 Å². The van der Waals surface area contributed by atoms with E-state index in [0.29, 0.717) is 25.5 Å². The summed E-state index contributed by atoms with van der Waals surface area (Å²) in [7, 11) is -1.21. The Morgan fingerprint density at radius 1 is 1.00 bits per heavy atom. The SMILES string of the molecule is COc1ccc(C(=O)N/N=C/c2cc(Br)cc(Br)c2OS(=O)(=O)c2ccc(Cl)cc2)cc1OC. The molecule has 0 aliphatic rings. The second-order valence-electron chi connectivity index (χ2n) is 6.57. The van der Waals surface area contributed by atoms with Gasteiger partial charge in [0.15, 0.2) is 17.2 Å². The van der Waals surface area contributed by atoms with E-state index in [1.807, 2.05) is 0 Å². The molecule has 3 rings (SSSR count). The van der Waals surface area contributed by atoms with Crippen LogP contribution in [0.2, 0.25) is 5.02 Å².